The van der Waals surface area contributed by atoms with Crippen LogP contribution in [-0.2, 0) is 8.85 Å². The first kappa shape index (κ1) is 17.7. The molecule has 1 unspecified atom stereocenters. The van der Waals surface area contributed by atoms with Crippen LogP contribution in [0, 0.1) is 0 Å². The number of allylic oxidation sites excluding steroid dienone is 2. The smallest absolute Gasteiger partial charge is 0.340 e. The van der Waals surface area contributed by atoms with Gasteiger partial charge in [-0.25, -0.2) is 0 Å². The Morgan fingerprint density at radius 2 is 1.83 bits per heavy atom. The van der Waals surface area contributed by atoms with Crippen molar-refractivity contribution in [1.82, 2.24) is 0 Å². The fraction of sp³-hybridized carbons (Fsp3) is 0.714. The molecule has 4 heteroatoms. The SMILES string of the molecule is CCCC(/C=C/C=C/O[Si])O[Si](C)(C)C(C)(C)C. The lowest BCUT2D eigenvalue weighted by Crippen LogP contribution is -2.43. The van der Waals surface area contributed by atoms with Crippen LogP contribution in [0.3, 0.4) is 0 Å². The van der Waals surface area contributed by atoms with Crippen LogP contribution >= 0.6 is 0 Å². The highest BCUT2D eigenvalue weighted by Gasteiger charge is 2.38. The van der Waals surface area contributed by atoms with Crippen molar-refractivity contribution >= 4 is 18.8 Å². The first-order valence-electron chi connectivity index (χ1n) is 6.58. The second-order valence-corrected chi connectivity index (χ2v) is 11.0. The summed E-state index contributed by atoms with van der Waals surface area (Å²) in [5.74, 6) is 0. The highest BCUT2D eigenvalue weighted by atomic mass is 28.4. The molecule has 0 fully saturated rings. The fourth-order valence-electron chi connectivity index (χ4n) is 1.31. The minimum absolute atomic E-state index is 0.204. The van der Waals surface area contributed by atoms with Crippen molar-refractivity contribution in [2.24, 2.45) is 0 Å². The second kappa shape index (κ2) is 7.97. The number of hydrogen-bond acceptors (Lipinski definition) is 2. The molecule has 3 radical (unpaired) electrons. The first-order chi connectivity index (χ1) is 8.24. The molecule has 0 N–H and O–H groups in total. The van der Waals surface area contributed by atoms with Gasteiger partial charge in [-0.1, -0.05) is 46.3 Å². The van der Waals surface area contributed by atoms with Gasteiger partial charge in [0, 0.05) is 0 Å². The lowest BCUT2D eigenvalue weighted by molar-refractivity contribution is 0.214. The zero-order valence-electron chi connectivity index (χ0n) is 12.6. The molecule has 18 heavy (non-hydrogen) atoms. The Morgan fingerprint density at radius 1 is 1.22 bits per heavy atom. The molecule has 0 aromatic carbocycles. The molecule has 0 aliphatic heterocycles. The van der Waals surface area contributed by atoms with E-state index in [9.17, 15) is 0 Å². The summed E-state index contributed by atoms with van der Waals surface area (Å²) in [6.07, 6.45) is 9.93. The Balaban J connectivity index is 4.62. The Labute approximate surface area is 117 Å². The molecule has 0 heterocycles. The van der Waals surface area contributed by atoms with Crippen molar-refractivity contribution < 1.29 is 8.85 Å². The van der Waals surface area contributed by atoms with Crippen molar-refractivity contribution in [3.05, 3.63) is 24.5 Å². The van der Waals surface area contributed by atoms with E-state index in [-0.39, 0.29) is 11.1 Å². The summed E-state index contributed by atoms with van der Waals surface area (Å²) >= 11 is 0. The van der Waals surface area contributed by atoms with Crippen LogP contribution in [0.15, 0.2) is 24.5 Å². The molecule has 0 aliphatic rings. The van der Waals surface area contributed by atoms with Crippen LogP contribution in [0.1, 0.15) is 40.5 Å². The molecule has 0 amide bonds. The van der Waals surface area contributed by atoms with Crippen LogP contribution in [-0.4, -0.2) is 24.9 Å². The topological polar surface area (TPSA) is 18.5 Å². The van der Waals surface area contributed by atoms with E-state index in [2.05, 4.69) is 61.8 Å². The third kappa shape index (κ3) is 6.56. The summed E-state index contributed by atoms with van der Waals surface area (Å²) in [7, 11) is 1.23. The van der Waals surface area contributed by atoms with E-state index in [1.165, 1.54) is 0 Å². The summed E-state index contributed by atoms with van der Waals surface area (Å²) < 4.78 is 11.1. The largest absolute Gasteiger partial charge is 0.546 e. The highest BCUT2D eigenvalue weighted by Crippen LogP contribution is 2.37. The van der Waals surface area contributed by atoms with Crippen LogP contribution in [0.25, 0.3) is 0 Å². The van der Waals surface area contributed by atoms with Gasteiger partial charge in [-0.3, -0.25) is 0 Å². The van der Waals surface area contributed by atoms with E-state index in [0.717, 1.165) is 12.8 Å². The number of rotatable bonds is 7. The van der Waals surface area contributed by atoms with Crippen LogP contribution in [0.5, 0.6) is 0 Å². The maximum absolute atomic E-state index is 6.39. The summed E-state index contributed by atoms with van der Waals surface area (Å²) in [6, 6.07) is 0. The van der Waals surface area contributed by atoms with Gasteiger partial charge in [0.25, 0.3) is 0 Å². The van der Waals surface area contributed by atoms with Gasteiger partial charge < -0.3 is 8.85 Å². The van der Waals surface area contributed by atoms with E-state index >= 15 is 0 Å². The van der Waals surface area contributed by atoms with E-state index in [1.807, 2.05) is 12.2 Å². The molecule has 0 saturated carbocycles. The minimum Gasteiger partial charge on any atom is -0.546 e. The Kier molecular flexibility index (Phi) is 7.82. The van der Waals surface area contributed by atoms with Crippen molar-refractivity contribution in [2.45, 2.75) is 64.8 Å². The van der Waals surface area contributed by atoms with E-state index < -0.39 is 8.32 Å². The molecule has 0 aromatic rings. The van der Waals surface area contributed by atoms with Gasteiger partial charge in [0.15, 0.2) is 8.32 Å². The fourth-order valence-corrected chi connectivity index (χ4v) is 2.69. The van der Waals surface area contributed by atoms with Gasteiger partial charge in [-0.15, -0.1) is 0 Å². The number of hydrogen-bond donors (Lipinski definition) is 0. The quantitative estimate of drug-likeness (QED) is 0.393. The lowest BCUT2D eigenvalue weighted by atomic mass is 10.2. The molecular weight excluding hydrogens is 256 g/mol. The Hall–Kier alpha value is -0.326. The predicted octanol–water partition coefficient (Wildman–Crippen LogP) is 4.35. The maximum Gasteiger partial charge on any atom is 0.340 e. The van der Waals surface area contributed by atoms with E-state index in [1.54, 1.807) is 6.26 Å². The molecular formula is C14H27O2Si2. The minimum atomic E-state index is -1.69. The van der Waals surface area contributed by atoms with Gasteiger partial charge in [0.2, 0.25) is 0 Å². The molecule has 1 atom stereocenters. The normalized spacial score (nSPS) is 15.5. The monoisotopic (exact) mass is 283 g/mol. The van der Waals surface area contributed by atoms with Gasteiger partial charge in [-0.05, 0) is 30.6 Å². The van der Waals surface area contributed by atoms with Crippen molar-refractivity contribution in [3.8, 4) is 0 Å². The Morgan fingerprint density at radius 3 is 2.28 bits per heavy atom. The van der Waals surface area contributed by atoms with Crippen LogP contribution in [0.2, 0.25) is 18.1 Å². The third-order valence-electron chi connectivity index (χ3n) is 3.41. The lowest BCUT2D eigenvalue weighted by Gasteiger charge is -2.38. The van der Waals surface area contributed by atoms with Gasteiger partial charge in [-0.2, -0.15) is 0 Å². The summed E-state index contributed by atoms with van der Waals surface area (Å²) in [5, 5.41) is 0.251. The standard InChI is InChI=1S/C14H27O2Si2/c1-7-10-13(11-8-9-12-15-17)16-18(5,6)14(2,3)4/h8-9,11-13H,7,10H2,1-6H3/b11-8+,12-9+. The maximum atomic E-state index is 6.39. The Bertz CT molecular complexity index is 278. The van der Waals surface area contributed by atoms with Crippen LogP contribution in [0.4, 0.5) is 0 Å². The van der Waals surface area contributed by atoms with Crippen molar-refractivity contribution in [1.29, 1.82) is 0 Å². The van der Waals surface area contributed by atoms with Gasteiger partial charge >= 0.3 is 10.5 Å². The molecule has 103 valence electrons. The average Bonchev–Trinajstić information content (AvgIpc) is 2.22. The molecule has 2 nitrogen and oxygen atoms in total. The average molecular weight is 284 g/mol. The zero-order valence-corrected chi connectivity index (χ0v) is 14.6. The molecule has 0 aromatic heterocycles. The first-order valence-corrected chi connectivity index (χ1v) is 9.89. The van der Waals surface area contributed by atoms with Crippen molar-refractivity contribution in [2.75, 3.05) is 0 Å². The van der Waals surface area contributed by atoms with Crippen molar-refractivity contribution in [3.63, 3.8) is 0 Å². The van der Waals surface area contributed by atoms with Gasteiger partial charge in [0.1, 0.15) is 0 Å². The van der Waals surface area contributed by atoms with Gasteiger partial charge in [0.05, 0.1) is 12.4 Å². The third-order valence-corrected chi connectivity index (χ3v) is 8.05. The second-order valence-electron chi connectivity index (χ2n) is 6.04. The molecule has 0 bridgehead atoms. The molecule has 0 aliphatic carbocycles. The summed E-state index contributed by atoms with van der Waals surface area (Å²) in [5.41, 5.74) is 0. The highest BCUT2D eigenvalue weighted by molar-refractivity contribution is 6.74. The predicted molar refractivity (Wildman–Crippen MR) is 82.1 cm³/mol. The molecule has 0 spiro atoms. The molecule has 0 saturated heterocycles. The van der Waals surface area contributed by atoms with E-state index in [0.29, 0.717) is 0 Å². The summed E-state index contributed by atoms with van der Waals surface area (Å²) in [6.45, 7) is 13.6. The van der Waals surface area contributed by atoms with Crippen LogP contribution < -0.4 is 0 Å². The summed E-state index contributed by atoms with van der Waals surface area (Å²) in [4.78, 5) is 0. The molecule has 0 rings (SSSR count). The van der Waals surface area contributed by atoms with E-state index in [4.69, 9.17) is 4.43 Å². The zero-order chi connectivity index (χ0) is 14.2.